The number of carbonyl (C=O) groups excluding carboxylic acids is 1. The van der Waals surface area contributed by atoms with Crippen molar-refractivity contribution in [3.63, 3.8) is 0 Å². The van der Waals surface area contributed by atoms with E-state index >= 15 is 0 Å². The van der Waals surface area contributed by atoms with E-state index in [2.05, 4.69) is 30.4 Å². The van der Waals surface area contributed by atoms with Gasteiger partial charge in [0.05, 0.1) is 17.1 Å². The number of rotatable bonds is 4. The molecule has 1 aromatic carbocycles. The molecule has 0 bridgehead atoms. The number of nitrogens with zero attached hydrogens (tertiary/aromatic N) is 6. The van der Waals surface area contributed by atoms with Gasteiger partial charge in [-0.2, -0.15) is 0 Å². The van der Waals surface area contributed by atoms with Crippen molar-refractivity contribution in [1.82, 2.24) is 29.1 Å². The van der Waals surface area contributed by atoms with Gasteiger partial charge < -0.3 is 14.6 Å². The van der Waals surface area contributed by atoms with E-state index in [1.54, 1.807) is 30.6 Å². The first-order chi connectivity index (χ1) is 15.5. The van der Waals surface area contributed by atoms with Gasteiger partial charge in [-0.15, -0.1) is 10.2 Å². The summed E-state index contributed by atoms with van der Waals surface area (Å²) in [5.74, 6) is 0.963. The molecule has 32 heavy (non-hydrogen) atoms. The molecule has 1 saturated heterocycles. The largest absolute Gasteiger partial charge is 0.447 e. The molecule has 1 aliphatic rings. The Balaban J connectivity index is 1.35. The lowest BCUT2D eigenvalue weighted by atomic mass is 10.0. The van der Waals surface area contributed by atoms with E-state index < -0.39 is 6.09 Å². The molecule has 4 aromatic rings. The van der Waals surface area contributed by atoms with Crippen LogP contribution in [-0.2, 0) is 4.74 Å². The van der Waals surface area contributed by atoms with E-state index in [1.165, 1.54) is 0 Å². The summed E-state index contributed by atoms with van der Waals surface area (Å²) in [5.41, 5.74) is 2.25. The first kappa shape index (κ1) is 20.0. The van der Waals surface area contributed by atoms with Crippen LogP contribution < -0.4 is 15.9 Å². The van der Waals surface area contributed by atoms with Crippen molar-refractivity contribution in [2.24, 2.45) is 0 Å². The predicted molar refractivity (Wildman–Crippen MR) is 119 cm³/mol. The topological polar surface area (TPSA) is 122 Å². The number of ether oxygens (including phenoxy) is 1. The molecule has 0 saturated carbocycles. The molecular weight excluding hydrogens is 412 g/mol. The first-order valence-electron chi connectivity index (χ1n) is 10.6. The number of hydrogen-bond donors (Lipinski definition) is 2. The predicted octanol–water partition coefficient (Wildman–Crippen LogP) is 2.57. The van der Waals surface area contributed by atoms with Crippen molar-refractivity contribution in [3.8, 4) is 0 Å². The fraction of sp³-hybridized carbons (Fsp3) is 0.381. The molecule has 11 nitrogen and oxygen atoms in total. The van der Waals surface area contributed by atoms with Gasteiger partial charge in [0.15, 0.2) is 5.82 Å². The van der Waals surface area contributed by atoms with Crippen molar-refractivity contribution in [2.45, 2.75) is 38.8 Å². The Morgan fingerprint density at radius 3 is 2.78 bits per heavy atom. The monoisotopic (exact) mass is 436 g/mol. The van der Waals surface area contributed by atoms with Crippen molar-refractivity contribution in [3.05, 3.63) is 47.1 Å². The second kappa shape index (κ2) is 7.98. The van der Waals surface area contributed by atoms with Crippen LogP contribution in [0.1, 0.15) is 32.7 Å². The maximum Gasteiger partial charge on any atom is 0.414 e. The quantitative estimate of drug-likeness (QED) is 0.504. The second-order valence-electron chi connectivity index (χ2n) is 8.08. The number of para-hydroxylation sites is 2. The normalized spacial score (nSPS) is 15.0. The number of imidazole rings is 1. The lowest BCUT2D eigenvalue weighted by Gasteiger charge is -2.33. The summed E-state index contributed by atoms with van der Waals surface area (Å²) in [4.78, 5) is 34.1. The van der Waals surface area contributed by atoms with Crippen LogP contribution in [0.4, 0.5) is 16.6 Å². The number of aromatic amines is 1. The first-order valence-corrected chi connectivity index (χ1v) is 10.6. The lowest BCUT2D eigenvalue weighted by molar-refractivity contribution is 0.129. The van der Waals surface area contributed by atoms with E-state index in [9.17, 15) is 9.59 Å². The number of H-pyrrole nitrogens is 1. The summed E-state index contributed by atoms with van der Waals surface area (Å²) < 4.78 is 8.66. The number of hydrogen-bond acceptors (Lipinski definition) is 7. The number of anilines is 2. The van der Waals surface area contributed by atoms with Gasteiger partial charge in [0.2, 0.25) is 11.6 Å². The molecular formula is C21H24N8O3. The summed E-state index contributed by atoms with van der Waals surface area (Å²) >= 11 is 0. The third kappa shape index (κ3) is 3.55. The minimum Gasteiger partial charge on any atom is -0.447 e. The third-order valence-corrected chi connectivity index (χ3v) is 5.62. The van der Waals surface area contributed by atoms with Crippen LogP contribution in [0.3, 0.4) is 0 Å². The molecule has 4 heterocycles. The molecule has 2 N–H and O–H groups in total. The molecule has 0 unspecified atom stereocenters. The maximum absolute atomic E-state index is 12.5. The number of aromatic nitrogens is 6. The number of amides is 1. The van der Waals surface area contributed by atoms with Crippen LogP contribution in [0.25, 0.3) is 16.7 Å². The van der Waals surface area contributed by atoms with E-state index in [4.69, 9.17) is 4.74 Å². The Labute approximate surface area is 183 Å². The van der Waals surface area contributed by atoms with Crippen LogP contribution in [0.2, 0.25) is 0 Å². The van der Waals surface area contributed by atoms with E-state index in [-0.39, 0.29) is 23.8 Å². The van der Waals surface area contributed by atoms with Crippen molar-refractivity contribution in [1.29, 1.82) is 0 Å². The molecule has 0 radical (unpaired) electrons. The standard InChI is InChI=1S/C21H24N8O3/c1-13(2)32-21(31)24-19-26-25-18-17(22-9-12-28(18)19)27-10-7-14(8-11-27)29-16-6-4-3-5-15(16)23-20(29)30/h3-6,9,12-14H,7-8,10-11H2,1-2H3,(H,23,30)(H,24,26,31). The summed E-state index contributed by atoms with van der Waals surface area (Å²) in [6.07, 6.45) is 4.12. The van der Waals surface area contributed by atoms with Gasteiger partial charge in [-0.3, -0.25) is 14.3 Å². The zero-order valence-corrected chi connectivity index (χ0v) is 17.9. The fourth-order valence-corrected chi connectivity index (χ4v) is 4.23. The molecule has 11 heteroatoms. The molecule has 0 aliphatic carbocycles. The zero-order chi connectivity index (χ0) is 22.2. The average Bonchev–Trinajstić information content (AvgIpc) is 3.33. The highest BCUT2D eigenvalue weighted by Crippen LogP contribution is 2.29. The number of nitrogens with one attached hydrogen (secondary N) is 2. The van der Waals surface area contributed by atoms with E-state index in [0.29, 0.717) is 24.6 Å². The molecule has 1 aliphatic heterocycles. The number of piperidine rings is 1. The Morgan fingerprint density at radius 2 is 2.00 bits per heavy atom. The molecule has 3 aromatic heterocycles. The summed E-state index contributed by atoms with van der Waals surface area (Å²) in [6.45, 7) is 4.98. The van der Waals surface area contributed by atoms with Crippen molar-refractivity contribution < 1.29 is 9.53 Å². The molecule has 1 fully saturated rings. The van der Waals surface area contributed by atoms with Crippen LogP contribution in [0.5, 0.6) is 0 Å². The Morgan fingerprint density at radius 1 is 1.22 bits per heavy atom. The second-order valence-corrected chi connectivity index (χ2v) is 8.08. The third-order valence-electron chi connectivity index (χ3n) is 5.62. The Hall–Kier alpha value is -3.89. The van der Waals surface area contributed by atoms with Crippen molar-refractivity contribution >= 4 is 34.5 Å². The summed E-state index contributed by atoms with van der Waals surface area (Å²) in [7, 11) is 0. The van der Waals surface area contributed by atoms with Gasteiger partial charge >= 0.3 is 11.8 Å². The molecule has 1 amide bonds. The highest BCUT2D eigenvalue weighted by Gasteiger charge is 2.26. The van der Waals surface area contributed by atoms with Gasteiger partial charge in [-0.25, -0.2) is 14.6 Å². The SMILES string of the molecule is CC(C)OC(=O)Nc1nnc2c(N3CCC(n4c(=O)[nH]c5ccccc54)CC3)nccn12. The lowest BCUT2D eigenvalue weighted by Crippen LogP contribution is -2.37. The smallest absolute Gasteiger partial charge is 0.414 e. The van der Waals surface area contributed by atoms with Crippen LogP contribution >= 0.6 is 0 Å². The Kier molecular flexibility index (Phi) is 5.00. The zero-order valence-electron chi connectivity index (χ0n) is 17.9. The van der Waals surface area contributed by atoms with Crippen molar-refractivity contribution in [2.75, 3.05) is 23.3 Å². The van der Waals surface area contributed by atoms with Crippen LogP contribution in [0.15, 0.2) is 41.5 Å². The maximum atomic E-state index is 12.5. The van der Waals surface area contributed by atoms with Gasteiger partial charge in [0.1, 0.15) is 0 Å². The minimum atomic E-state index is -0.586. The molecule has 166 valence electrons. The van der Waals surface area contributed by atoms with Gasteiger partial charge in [-0.05, 0) is 38.8 Å². The summed E-state index contributed by atoms with van der Waals surface area (Å²) in [5, 5.41) is 10.9. The van der Waals surface area contributed by atoms with Crippen LogP contribution in [-0.4, -0.2) is 54.4 Å². The van der Waals surface area contributed by atoms with Crippen LogP contribution in [0, 0.1) is 0 Å². The summed E-state index contributed by atoms with van der Waals surface area (Å²) in [6, 6.07) is 7.86. The molecule has 0 atom stereocenters. The van der Waals surface area contributed by atoms with E-state index in [0.717, 1.165) is 23.9 Å². The number of benzene rings is 1. The Bertz CT molecular complexity index is 1330. The van der Waals surface area contributed by atoms with Gasteiger partial charge in [0.25, 0.3) is 0 Å². The highest BCUT2D eigenvalue weighted by atomic mass is 16.6. The number of carbonyl (C=O) groups is 1. The molecule has 5 rings (SSSR count). The van der Waals surface area contributed by atoms with E-state index in [1.807, 2.05) is 28.8 Å². The highest BCUT2D eigenvalue weighted by molar-refractivity contribution is 5.83. The molecule has 0 spiro atoms. The average molecular weight is 436 g/mol. The fourth-order valence-electron chi connectivity index (χ4n) is 4.23. The minimum absolute atomic E-state index is 0.0775. The van der Waals surface area contributed by atoms with Gasteiger partial charge in [0, 0.05) is 31.5 Å². The number of fused-ring (bicyclic) bond motifs is 2. The van der Waals surface area contributed by atoms with Gasteiger partial charge in [-0.1, -0.05) is 12.1 Å².